The summed E-state index contributed by atoms with van der Waals surface area (Å²) >= 11 is 0. The van der Waals surface area contributed by atoms with Crippen LogP contribution in [0.1, 0.15) is 21.5 Å². The van der Waals surface area contributed by atoms with Crippen LogP contribution in [-0.2, 0) is 0 Å². The summed E-state index contributed by atoms with van der Waals surface area (Å²) in [6, 6.07) is 24.6. The number of hydrogen-bond donors (Lipinski definition) is 2. The predicted octanol–water partition coefficient (Wildman–Crippen LogP) is 4.69. The van der Waals surface area contributed by atoms with Crippen molar-refractivity contribution in [2.24, 2.45) is 0 Å². The molecule has 0 fully saturated rings. The molecule has 0 aliphatic heterocycles. The molecule has 0 aromatic heterocycles. The zero-order valence-corrected chi connectivity index (χ0v) is 13.1. The van der Waals surface area contributed by atoms with Gasteiger partial charge in [0.05, 0.1) is 0 Å². The van der Waals surface area contributed by atoms with Crippen LogP contribution in [0.2, 0.25) is 0 Å². The van der Waals surface area contributed by atoms with Gasteiger partial charge in [-0.2, -0.15) is 0 Å². The molecule has 3 nitrogen and oxygen atoms in total. The lowest BCUT2D eigenvalue weighted by atomic mass is 10.1. The van der Waals surface area contributed by atoms with Crippen LogP contribution in [0.3, 0.4) is 0 Å². The van der Waals surface area contributed by atoms with E-state index >= 15 is 0 Å². The lowest BCUT2D eigenvalue weighted by Gasteiger charge is -2.05. The van der Waals surface area contributed by atoms with Gasteiger partial charge in [0.2, 0.25) is 0 Å². The van der Waals surface area contributed by atoms with Gasteiger partial charge < -0.3 is 11.1 Å². The monoisotopic (exact) mass is 314 g/mol. The number of nitrogens with two attached hydrogens (primary N) is 1. The summed E-state index contributed by atoms with van der Waals surface area (Å²) in [7, 11) is 0. The third kappa shape index (κ3) is 4.11. The number of nitrogen functional groups attached to an aromatic ring is 1. The van der Waals surface area contributed by atoms with Gasteiger partial charge in [-0.25, -0.2) is 0 Å². The molecule has 24 heavy (non-hydrogen) atoms. The van der Waals surface area contributed by atoms with E-state index < -0.39 is 0 Å². The zero-order chi connectivity index (χ0) is 16.8. The van der Waals surface area contributed by atoms with Gasteiger partial charge >= 0.3 is 0 Å². The van der Waals surface area contributed by atoms with Crippen molar-refractivity contribution in [3.63, 3.8) is 0 Å². The molecular weight excluding hydrogens is 296 g/mol. The average Bonchev–Trinajstić information content (AvgIpc) is 2.63. The van der Waals surface area contributed by atoms with Gasteiger partial charge in [-0.1, -0.05) is 54.6 Å². The summed E-state index contributed by atoms with van der Waals surface area (Å²) < 4.78 is 0. The van der Waals surface area contributed by atoms with E-state index in [-0.39, 0.29) is 5.91 Å². The lowest BCUT2D eigenvalue weighted by molar-refractivity contribution is 0.102. The van der Waals surface area contributed by atoms with Crippen LogP contribution in [0.4, 0.5) is 11.4 Å². The molecule has 3 aromatic rings. The topological polar surface area (TPSA) is 55.1 Å². The Morgan fingerprint density at radius 3 is 1.88 bits per heavy atom. The van der Waals surface area contributed by atoms with Gasteiger partial charge in [0.15, 0.2) is 0 Å². The van der Waals surface area contributed by atoms with Crippen molar-refractivity contribution in [3.05, 3.63) is 95.6 Å². The summed E-state index contributed by atoms with van der Waals surface area (Å²) in [5, 5.41) is 2.89. The van der Waals surface area contributed by atoms with E-state index in [1.54, 1.807) is 12.1 Å². The fraction of sp³-hybridized carbons (Fsp3) is 0. The van der Waals surface area contributed by atoms with Crippen molar-refractivity contribution in [2.75, 3.05) is 11.1 Å². The maximum atomic E-state index is 12.1. The molecule has 0 saturated carbocycles. The summed E-state index contributed by atoms with van der Waals surface area (Å²) in [4.78, 5) is 12.1. The maximum Gasteiger partial charge on any atom is 0.255 e. The third-order valence-corrected chi connectivity index (χ3v) is 3.61. The molecule has 3 rings (SSSR count). The fourth-order valence-corrected chi connectivity index (χ4v) is 2.27. The van der Waals surface area contributed by atoms with Crippen LogP contribution in [0, 0.1) is 0 Å². The number of carbonyl (C=O) groups excluding carboxylic acids is 1. The first kappa shape index (κ1) is 15.6. The highest BCUT2D eigenvalue weighted by atomic mass is 16.1. The van der Waals surface area contributed by atoms with Gasteiger partial charge in [0, 0.05) is 16.9 Å². The van der Waals surface area contributed by atoms with Gasteiger partial charge in [-0.3, -0.25) is 4.79 Å². The molecule has 0 radical (unpaired) electrons. The molecule has 0 aliphatic carbocycles. The molecule has 3 aromatic carbocycles. The highest BCUT2D eigenvalue weighted by Gasteiger charge is 2.04. The van der Waals surface area contributed by atoms with Crippen molar-refractivity contribution < 1.29 is 4.79 Å². The Labute approximate surface area is 141 Å². The SMILES string of the molecule is Nc1ccc(C=Cc2ccc(NC(=O)c3ccccc3)cc2)cc1. The molecule has 0 spiro atoms. The Balaban J connectivity index is 1.65. The summed E-state index contributed by atoms with van der Waals surface area (Å²) in [5.41, 5.74) is 9.99. The minimum Gasteiger partial charge on any atom is -0.399 e. The highest BCUT2D eigenvalue weighted by molar-refractivity contribution is 6.04. The Bertz CT molecular complexity index is 835. The van der Waals surface area contributed by atoms with Crippen LogP contribution in [-0.4, -0.2) is 5.91 Å². The second-order valence-electron chi connectivity index (χ2n) is 5.44. The maximum absolute atomic E-state index is 12.1. The van der Waals surface area contributed by atoms with E-state index in [4.69, 9.17) is 5.73 Å². The zero-order valence-electron chi connectivity index (χ0n) is 13.1. The van der Waals surface area contributed by atoms with Crippen LogP contribution in [0.15, 0.2) is 78.9 Å². The van der Waals surface area contributed by atoms with Crippen molar-refractivity contribution in [2.45, 2.75) is 0 Å². The van der Waals surface area contributed by atoms with Crippen LogP contribution < -0.4 is 11.1 Å². The Morgan fingerprint density at radius 2 is 1.29 bits per heavy atom. The standard InChI is InChI=1S/C21H18N2O/c22-19-12-8-16(9-13-19)6-7-17-10-14-20(15-11-17)23-21(24)18-4-2-1-3-5-18/h1-15H,22H2,(H,23,24). The van der Waals surface area contributed by atoms with Gasteiger partial charge in [0.1, 0.15) is 0 Å². The number of hydrogen-bond acceptors (Lipinski definition) is 2. The lowest BCUT2D eigenvalue weighted by Crippen LogP contribution is -2.11. The van der Waals surface area contributed by atoms with E-state index in [0.29, 0.717) is 5.56 Å². The number of carbonyl (C=O) groups is 1. The number of nitrogens with one attached hydrogen (secondary N) is 1. The average molecular weight is 314 g/mol. The van der Waals surface area contributed by atoms with Crippen molar-refractivity contribution in [1.29, 1.82) is 0 Å². The van der Waals surface area contributed by atoms with Gasteiger partial charge in [-0.05, 0) is 47.5 Å². The van der Waals surface area contributed by atoms with E-state index in [0.717, 1.165) is 22.5 Å². The first-order valence-electron chi connectivity index (χ1n) is 7.71. The van der Waals surface area contributed by atoms with Crippen molar-refractivity contribution >= 4 is 29.4 Å². The first-order valence-corrected chi connectivity index (χ1v) is 7.71. The van der Waals surface area contributed by atoms with E-state index in [9.17, 15) is 4.79 Å². The summed E-state index contributed by atoms with van der Waals surface area (Å²) in [5.74, 6) is -0.110. The molecule has 0 atom stereocenters. The van der Waals surface area contributed by atoms with E-state index in [2.05, 4.69) is 5.32 Å². The number of rotatable bonds is 4. The van der Waals surface area contributed by atoms with E-state index in [1.807, 2.05) is 78.9 Å². The van der Waals surface area contributed by atoms with Gasteiger partial charge in [0.25, 0.3) is 5.91 Å². The largest absolute Gasteiger partial charge is 0.399 e. The molecule has 118 valence electrons. The minimum atomic E-state index is -0.110. The minimum absolute atomic E-state index is 0.110. The molecule has 0 unspecified atom stereocenters. The van der Waals surface area contributed by atoms with Gasteiger partial charge in [-0.15, -0.1) is 0 Å². The highest BCUT2D eigenvalue weighted by Crippen LogP contribution is 2.14. The smallest absolute Gasteiger partial charge is 0.255 e. The Kier molecular flexibility index (Phi) is 4.73. The third-order valence-electron chi connectivity index (χ3n) is 3.61. The molecule has 3 N–H and O–H groups in total. The Morgan fingerprint density at radius 1 is 0.750 bits per heavy atom. The summed E-state index contributed by atoms with van der Waals surface area (Å²) in [6.07, 6.45) is 4.05. The van der Waals surface area contributed by atoms with Crippen molar-refractivity contribution in [1.82, 2.24) is 0 Å². The van der Waals surface area contributed by atoms with Crippen LogP contribution in [0.25, 0.3) is 12.2 Å². The first-order chi connectivity index (χ1) is 11.7. The van der Waals surface area contributed by atoms with Crippen LogP contribution in [0.5, 0.6) is 0 Å². The number of benzene rings is 3. The molecular formula is C21H18N2O. The second kappa shape index (κ2) is 7.29. The molecule has 3 heteroatoms. The predicted molar refractivity (Wildman–Crippen MR) is 101 cm³/mol. The number of amides is 1. The normalized spacial score (nSPS) is 10.7. The molecule has 0 bridgehead atoms. The molecule has 0 aliphatic rings. The second-order valence-corrected chi connectivity index (χ2v) is 5.44. The molecule has 1 amide bonds. The quantitative estimate of drug-likeness (QED) is 0.542. The fourth-order valence-electron chi connectivity index (χ4n) is 2.27. The molecule has 0 heterocycles. The number of anilines is 2. The summed E-state index contributed by atoms with van der Waals surface area (Å²) in [6.45, 7) is 0. The Hall–Kier alpha value is -3.33. The van der Waals surface area contributed by atoms with Crippen LogP contribution >= 0.6 is 0 Å². The van der Waals surface area contributed by atoms with Crippen molar-refractivity contribution in [3.8, 4) is 0 Å². The molecule has 0 saturated heterocycles. The van der Waals surface area contributed by atoms with E-state index in [1.165, 1.54) is 0 Å².